The maximum Gasteiger partial charge on any atom is 0.291 e. The van der Waals surface area contributed by atoms with Crippen LogP contribution in [0.2, 0.25) is 0 Å². The topological polar surface area (TPSA) is 114 Å². The summed E-state index contributed by atoms with van der Waals surface area (Å²) in [7, 11) is -3.92. The lowest BCUT2D eigenvalue weighted by Gasteiger charge is -2.06. The number of sulfonamides is 1. The lowest BCUT2D eigenvalue weighted by Crippen LogP contribution is -2.14. The molecule has 2 rings (SSSR count). The molecule has 0 spiro atoms. The third-order valence-corrected chi connectivity index (χ3v) is 4.18. The van der Waals surface area contributed by atoms with Crippen molar-refractivity contribution < 1.29 is 17.6 Å². The van der Waals surface area contributed by atoms with Gasteiger partial charge >= 0.3 is 0 Å². The molecule has 2 aromatic rings. The molecule has 0 fully saturated rings. The van der Waals surface area contributed by atoms with Gasteiger partial charge < -0.3 is 15.1 Å². The fourth-order valence-electron chi connectivity index (χ4n) is 2.08. The zero-order valence-corrected chi connectivity index (χ0v) is 13.7. The standard InChI is InChI=1S/C15H19N3O4S/c1-3-17-9-11-5-4-6-12(7-11)18-15(19)13-8-14(10(2)22-13)23(16,20)21/h4-8,17H,3,9H2,1-2H3,(H,18,19)(H2,16,20,21). The fraction of sp³-hybridized carbons (Fsp3) is 0.267. The number of hydrogen-bond acceptors (Lipinski definition) is 5. The van der Waals surface area contributed by atoms with Gasteiger partial charge in [0.25, 0.3) is 5.91 Å². The molecule has 1 amide bonds. The monoisotopic (exact) mass is 337 g/mol. The first-order valence-corrected chi connectivity index (χ1v) is 8.60. The Balaban J connectivity index is 2.16. The van der Waals surface area contributed by atoms with E-state index in [0.29, 0.717) is 12.2 Å². The van der Waals surface area contributed by atoms with Gasteiger partial charge in [-0.3, -0.25) is 4.79 Å². The highest BCUT2D eigenvalue weighted by atomic mass is 32.2. The molecule has 0 saturated heterocycles. The van der Waals surface area contributed by atoms with Crippen molar-refractivity contribution >= 4 is 21.6 Å². The van der Waals surface area contributed by atoms with Gasteiger partial charge in [0.15, 0.2) is 5.76 Å². The molecule has 0 unspecified atom stereocenters. The molecular weight excluding hydrogens is 318 g/mol. The van der Waals surface area contributed by atoms with Crippen LogP contribution in [-0.4, -0.2) is 20.9 Å². The first-order valence-electron chi connectivity index (χ1n) is 7.05. The van der Waals surface area contributed by atoms with Gasteiger partial charge in [0, 0.05) is 18.3 Å². The van der Waals surface area contributed by atoms with Gasteiger partial charge in [0.05, 0.1) is 0 Å². The Kier molecular flexibility index (Phi) is 5.19. The van der Waals surface area contributed by atoms with Gasteiger partial charge in [-0.05, 0) is 31.2 Å². The molecule has 1 aromatic carbocycles. The van der Waals surface area contributed by atoms with Gasteiger partial charge in [-0.15, -0.1) is 0 Å². The summed E-state index contributed by atoms with van der Waals surface area (Å²) < 4.78 is 27.9. The summed E-state index contributed by atoms with van der Waals surface area (Å²) in [6.07, 6.45) is 0. The van der Waals surface area contributed by atoms with Crippen LogP contribution in [0.5, 0.6) is 0 Å². The number of carbonyl (C=O) groups is 1. The number of nitrogens with one attached hydrogen (secondary N) is 2. The summed E-state index contributed by atoms with van der Waals surface area (Å²) >= 11 is 0. The molecule has 0 aliphatic heterocycles. The molecular formula is C15H19N3O4S. The predicted molar refractivity (Wildman–Crippen MR) is 86.6 cm³/mol. The number of aryl methyl sites for hydroxylation is 1. The van der Waals surface area contributed by atoms with Crippen LogP contribution < -0.4 is 15.8 Å². The maximum atomic E-state index is 12.2. The maximum absolute atomic E-state index is 12.2. The lowest BCUT2D eigenvalue weighted by atomic mass is 10.2. The largest absolute Gasteiger partial charge is 0.455 e. The average molecular weight is 337 g/mol. The molecule has 0 atom stereocenters. The van der Waals surface area contributed by atoms with Crippen LogP contribution >= 0.6 is 0 Å². The molecule has 1 heterocycles. The van der Waals surface area contributed by atoms with E-state index in [1.54, 1.807) is 6.07 Å². The summed E-state index contributed by atoms with van der Waals surface area (Å²) in [4.78, 5) is 12.0. The number of rotatable bonds is 6. The Morgan fingerprint density at radius 2 is 2.04 bits per heavy atom. The van der Waals surface area contributed by atoms with Gasteiger partial charge in [-0.25, -0.2) is 13.6 Å². The van der Waals surface area contributed by atoms with E-state index in [0.717, 1.165) is 18.2 Å². The van der Waals surface area contributed by atoms with E-state index in [1.807, 2.05) is 25.1 Å². The number of nitrogens with two attached hydrogens (primary N) is 1. The minimum absolute atomic E-state index is 0.0820. The van der Waals surface area contributed by atoms with Crippen molar-refractivity contribution in [3.05, 3.63) is 47.4 Å². The molecule has 0 aliphatic carbocycles. The molecule has 23 heavy (non-hydrogen) atoms. The lowest BCUT2D eigenvalue weighted by molar-refractivity contribution is 0.0995. The quantitative estimate of drug-likeness (QED) is 0.740. The zero-order valence-electron chi connectivity index (χ0n) is 12.9. The molecule has 0 aliphatic rings. The van der Waals surface area contributed by atoms with Gasteiger partial charge in [0.1, 0.15) is 10.7 Å². The normalized spacial score (nSPS) is 11.4. The number of benzene rings is 1. The van der Waals surface area contributed by atoms with Crippen molar-refractivity contribution in [2.75, 3.05) is 11.9 Å². The van der Waals surface area contributed by atoms with E-state index in [9.17, 15) is 13.2 Å². The minimum Gasteiger partial charge on any atom is -0.455 e. The minimum atomic E-state index is -3.92. The number of furan rings is 1. The fourth-order valence-corrected chi connectivity index (χ4v) is 2.79. The van der Waals surface area contributed by atoms with Crippen LogP contribution in [-0.2, 0) is 16.6 Å². The van der Waals surface area contributed by atoms with Crippen molar-refractivity contribution in [3.8, 4) is 0 Å². The third-order valence-electron chi connectivity index (χ3n) is 3.17. The Bertz CT molecular complexity index is 812. The third kappa shape index (κ3) is 4.41. The number of amides is 1. The number of anilines is 1. The first-order chi connectivity index (χ1) is 10.8. The average Bonchev–Trinajstić information content (AvgIpc) is 2.88. The molecule has 7 nitrogen and oxygen atoms in total. The molecule has 0 radical (unpaired) electrons. The first kappa shape index (κ1) is 17.2. The van der Waals surface area contributed by atoms with Crippen LogP contribution in [0, 0.1) is 6.92 Å². The Morgan fingerprint density at radius 1 is 1.30 bits per heavy atom. The molecule has 0 saturated carbocycles. The zero-order chi connectivity index (χ0) is 17.0. The predicted octanol–water partition coefficient (Wildman–Crippen LogP) is 1.60. The van der Waals surface area contributed by atoms with Crippen LogP contribution in [0.3, 0.4) is 0 Å². The van der Waals surface area contributed by atoms with Crippen molar-refractivity contribution in [2.45, 2.75) is 25.3 Å². The van der Waals surface area contributed by atoms with Crippen LogP contribution in [0.15, 0.2) is 39.6 Å². The second-order valence-corrected chi connectivity index (χ2v) is 6.54. The van der Waals surface area contributed by atoms with Gasteiger partial charge in [-0.1, -0.05) is 19.1 Å². The number of carbonyl (C=O) groups excluding carboxylic acids is 1. The van der Waals surface area contributed by atoms with E-state index in [2.05, 4.69) is 10.6 Å². The van der Waals surface area contributed by atoms with E-state index in [1.165, 1.54) is 6.92 Å². The second kappa shape index (κ2) is 6.95. The van der Waals surface area contributed by atoms with E-state index in [-0.39, 0.29) is 16.4 Å². The Hall–Kier alpha value is -2.16. The van der Waals surface area contributed by atoms with Crippen molar-refractivity contribution in [3.63, 3.8) is 0 Å². The Labute approximate surface area is 134 Å². The summed E-state index contributed by atoms with van der Waals surface area (Å²) in [5.41, 5.74) is 1.61. The highest BCUT2D eigenvalue weighted by Gasteiger charge is 2.21. The van der Waals surface area contributed by atoms with E-state index >= 15 is 0 Å². The second-order valence-electron chi connectivity index (χ2n) is 5.01. The Morgan fingerprint density at radius 3 is 2.65 bits per heavy atom. The van der Waals surface area contributed by atoms with E-state index in [4.69, 9.17) is 9.56 Å². The summed E-state index contributed by atoms with van der Waals surface area (Å²) in [6.45, 7) is 4.98. The summed E-state index contributed by atoms with van der Waals surface area (Å²) in [5, 5.41) is 10.9. The highest BCUT2D eigenvalue weighted by Crippen LogP contribution is 2.20. The van der Waals surface area contributed by atoms with Gasteiger partial charge in [-0.2, -0.15) is 0 Å². The molecule has 1 aromatic heterocycles. The molecule has 8 heteroatoms. The van der Waals surface area contributed by atoms with Crippen LogP contribution in [0.25, 0.3) is 0 Å². The summed E-state index contributed by atoms with van der Waals surface area (Å²) in [5.74, 6) is -0.564. The SMILES string of the molecule is CCNCc1cccc(NC(=O)c2cc(S(N)(=O)=O)c(C)o2)c1. The molecule has 0 bridgehead atoms. The van der Waals surface area contributed by atoms with Crippen molar-refractivity contribution in [1.82, 2.24) is 5.32 Å². The molecule has 124 valence electrons. The van der Waals surface area contributed by atoms with Gasteiger partial charge in [0.2, 0.25) is 10.0 Å². The van der Waals surface area contributed by atoms with Crippen molar-refractivity contribution in [2.24, 2.45) is 5.14 Å². The highest BCUT2D eigenvalue weighted by molar-refractivity contribution is 7.89. The van der Waals surface area contributed by atoms with E-state index < -0.39 is 15.9 Å². The van der Waals surface area contributed by atoms with Crippen molar-refractivity contribution in [1.29, 1.82) is 0 Å². The molecule has 4 N–H and O–H groups in total. The number of primary sulfonamides is 1. The van der Waals surface area contributed by atoms with Crippen LogP contribution in [0.4, 0.5) is 5.69 Å². The van der Waals surface area contributed by atoms with Crippen LogP contribution in [0.1, 0.15) is 28.8 Å². The summed E-state index contributed by atoms with van der Waals surface area (Å²) in [6, 6.07) is 8.46. The smallest absolute Gasteiger partial charge is 0.291 e. The number of hydrogen-bond donors (Lipinski definition) is 3.